The maximum atomic E-state index is 11.9. The van der Waals surface area contributed by atoms with E-state index in [9.17, 15) is 19.5 Å². The van der Waals surface area contributed by atoms with Crippen LogP contribution in [0.4, 0.5) is 0 Å². The number of carboxylic acid groups (broad SMARTS) is 1. The molecular weight excluding hydrogens is 376 g/mol. The smallest absolute Gasteiger partial charge is 0.335 e. The molecule has 1 aromatic heterocycles. The minimum Gasteiger partial charge on any atom is -0.478 e. The van der Waals surface area contributed by atoms with Crippen LogP contribution in [0.2, 0.25) is 0 Å². The maximum absolute atomic E-state index is 11.9. The van der Waals surface area contributed by atoms with Crippen molar-refractivity contribution in [2.75, 3.05) is 6.79 Å². The van der Waals surface area contributed by atoms with Gasteiger partial charge < -0.3 is 19.0 Å². The van der Waals surface area contributed by atoms with Gasteiger partial charge in [-0.15, -0.1) is 0 Å². The van der Waals surface area contributed by atoms with Crippen molar-refractivity contribution in [2.24, 2.45) is 0 Å². The second kappa shape index (κ2) is 6.25. The van der Waals surface area contributed by atoms with Gasteiger partial charge in [0.2, 0.25) is 6.79 Å². The molecule has 0 spiro atoms. The number of carbonyl (C=O) groups excluding carboxylic acids is 2. The van der Waals surface area contributed by atoms with Crippen LogP contribution in [0.15, 0.2) is 34.3 Å². The van der Waals surface area contributed by atoms with Crippen LogP contribution in [0.3, 0.4) is 0 Å². The Kier molecular flexibility index (Phi) is 3.89. The zero-order chi connectivity index (χ0) is 19.1. The largest absolute Gasteiger partial charge is 0.478 e. The molecule has 10 heteroatoms. The maximum Gasteiger partial charge on any atom is 0.335 e. The average Bonchev–Trinajstić information content (AvgIpc) is 3.26. The van der Waals surface area contributed by atoms with E-state index >= 15 is 0 Å². The number of hydrogen-bond donors (Lipinski definition) is 3. The zero-order valence-electron chi connectivity index (χ0n) is 13.4. The predicted molar refractivity (Wildman–Crippen MR) is 94.1 cm³/mol. The highest BCUT2D eigenvalue weighted by Crippen LogP contribution is 2.43. The van der Waals surface area contributed by atoms with E-state index in [1.54, 1.807) is 6.07 Å². The third-order valence-electron chi connectivity index (χ3n) is 3.84. The molecule has 2 amide bonds. The van der Waals surface area contributed by atoms with Crippen LogP contribution in [0.5, 0.6) is 11.5 Å². The van der Waals surface area contributed by atoms with Gasteiger partial charge in [0.05, 0.1) is 11.1 Å². The SMILES string of the molecule is O=C1NC(=S)NC(=O)C1=Cc1ccc(-c2cc(C(=O)O)cc3c2OCO3)o1. The van der Waals surface area contributed by atoms with E-state index in [0.29, 0.717) is 22.8 Å². The molecule has 3 heterocycles. The zero-order valence-corrected chi connectivity index (χ0v) is 14.2. The Balaban J connectivity index is 1.73. The molecule has 0 radical (unpaired) electrons. The third-order valence-corrected chi connectivity index (χ3v) is 4.05. The molecule has 2 aromatic rings. The number of fused-ring (bicyclic) bond motifs is 1. The van der Waals surface area contributed by atoms with E-state index in [4.69, 9.17) is 26.1 Å². The van der Waals surface area contributed by atoms with Crippen molar-refractivity contribution in [2.45, 2.75) is 0 Å². The van der Waals surface area contributed by atoms with Gasteiger partial charge in [-0.1, -0.05) is 0 Å². The van der Waals surface area contributed by atoms with Crippen molar-refractivity contribution in [1.82, 2.24) is 10.6 Å². The average molecular weight is 386 g/mol. The van der Waals surface area contributed by atoms with Gasteiger partial charge >= 0.3 is 5.97 Å². The summed E-state index contributed by atoms with van der Waals surface area (Å²) in [5, 5.41) is 13.8. The first-order chi connectivity index (χ1) is 12.9. The number of hydrogen-bond acceptors (Lipinski definition) is 7. The lowest BCUT2D eigenvalue weighted by molar-refractivity contribution is -0.123. The van der Waals surface area contributed by atoms with Crippen molar-refractivity contribution in [3.05, 3.63) is 41.2 Å². The van der Waals surface area contributed by atoms with Crippen molar-refractivity contribution < 1.29 is 33.4 Å². The van der Waals surface area contributed by atoms with Gasteiger partial charge in [0.1, 0.15) is 17.1 Å². The number of thiocarbonyl (C=S) groups is 1. The number of rotatable bonds is 3. The van der Waals surface area contributed by atoms with E-state index in [1.165, 1.54) is 24.3 Å². The van der Waals surface area contributed by atoms with E-state index < -0.39 is 17.8 Å². The van der Waals surface area contributed by atoms with Crippen LogP contribution in [0.25, 0.3) is 17.4 Å². The van der Waals surface area contributed by atoms with Gasteiger partial charge in [-0.25, -0.2) is 4.79 Å². The lowest BCUT2D eigenvalue weighted by atomic mass is 10.1. The Labute approximate surface area is 156 Å². The lowest BCUT2D eigenvalue weighted by Crippen LogP contribution is -2.51. The number of nitrogens with one attached hydrogen (secondary N) is 2. The first-order valence-electron chi connectivity index (χ1n) is 7.58. The van der Waals surface area contributed by atoms with Crippen LogP contribution < -0.4 is 20.1 Å². The molecule has 2 aliphatic heterocycles. The van der Waals surface area contributed by atoms with E-state index in [0.717, 1.165) is 0 Å². The Morgan fingerprint density at radius 2 is 1.89 bits per heavy atom. The quantitative estimate of drug-likeness (QED) is 0.409. The molecule has 4 rings (SSSR count). The van der Waals surface area contributed by atoms with Crippen molar-refractivity contribution in [3.63, 3.8) is 0 Å². The highest BCUT2D eigenvalue weighted by atomic mass is 32.1. The Morgan fingerprint density at radius 1 is 1.15 bits per heavy atom. The molecule has 9 nitrogen and oxygen atoms in total. The highest BCUT2D eigenvalue weighted by molar-refractivity contribution is 7.80. The fourth-order valence-electron chi connectivity index (χ4n) is 2.64. The summed E-state index contributed by atoms with van der Waals surface area (Å²) in [5.74, 6) is -1.27. The molecule has 0 atom stereocenters. The van der Waals surface area contributed by atoms with Gasteiger partial charge in [0, 0.05) is 0 Å². The van der Waals surface area contributed by atoms with E-state index in [2.05, 4.69) is 10.6 Å². The van der Waals surface area contributed by atoms with Crippen molar-refractivity contribution in [1.29, 1.82) is 0 Å². The number of ether oxygens (including phenoxy) is 2. The summed E-state index contributed by atoms with van der Waals surface area (Å²) in [6.45, 7) is -0.0384. The minimum absolute atomic E-state index is 0.00473. The summed E-state index contributed by atoms with van der Waals surface area (Å²) in [7, 11) is 0. The fourth-order valence-corrected chi connectivity index (χ4v) is 2.83. The molecule has 2 aliphatic rings. The van der Waals surface area contributed by atoms with Crippen LogP contribution in [0, 0.1) is 0 Å². The summed E-state index contributed by atoms with van der Waals surface area (Å²) in [5.41, 5.74) is 0.212. The summed E-state index contributed by atoms with van der Waals surface area (Å²) < 4.78 is 16.3. The fraction of sp³-hybridized carbons (Fsp3) is 0.0588. The monoisotopic (exact) mass is 386 g/mol. The van der Waals surface area contributed by atoms with Crippen LogP contribution in [-0.2, 0) is 9.59 Å². The second-order valence-electron chi connectivity index (χ2n) is 5.56. The van der Waals surface area contributed by atoms with Crippen LogP contribution in [-0.4, -0.2) is 34.8 Å². The topological polar surface area (TPSA) is 127 Å². The molecule has 27 heavy (non-hydrogen) atoms. The summed E-state index contributed by atoms with van der Waals surface area (Å²) in [4.78, 5) is 35.1. The summed E-state index contributed by atoms with van der Waals surface area (Å²) >= 11 is 4.74. The molecule has 136 valence electrons. The van der Waals surface area contributed by atoms with Gasteiger partial charge in [0.25, 0.3) is 11.8 Å². The van der Waals surface area contributed by atoms with Gasteiger partial charge in [-0.3, -0.25) is 20.2 Å². The van der Waals surface area contributed by atoms with Crippen LogP contribution >= 0.6 is 12.2 Å². The first kappa shape index (κ1) is 16.8. The van der Waals surface area contributed by atoms with Crippen molar-refractivity contribution >= 4 is 41.2 Å². The molecule has 0 saturated carbocycles. The van der Waals surface area contributed by atoms with E-state index in [1.807, 2.05) is 0 Å². The van der Waals surface area contributed by atoms with Gasteiger partial charge in [-0.05, 0) is 42.6 Å². The summed E-state index contributed by atoms with van der Waals surface area (Å²) in [6.07, 6.45) is 1.26. The molecule has 3 N–H and O–H groups in total. The van der Waals surface area contributed by atoms with Gasteiger partial charge in [-0.2, -0.15) is 0 Å². The number of amides is 2. The number of aromatic carboxylic acids is 1. The number of carboxylic acids is 1. The molecule has 1 fully saturated rings. The molecule has 0 unspecified atom stereocenters. The Hall–Kier alpha value is -3.66. The normalized spacial score (nSPS) is 15.4. The molecule has 0 aliphatic carbocycles. The Morgan fingerprint density at radius 3 is 2.59 bits per heavy atom. The lowest BCUT2D eigenvalue weighted by Gasteiger charge is -2.15. The standard InChI is InChI=1S/C17H10N2O7S/c20-14-10(15(21)19-17(27)18-14)5-8-1-2-11(26-8)9-3-7(16(22)23)4-12-13(9)25-6-24-12/h1-5H,6H2,(H,22,23)(H2,18,19,20,21,27). The molecule has 0 bridgehead atoms. The molecule has 1 saturated heterocycles. The van der Waals surface area contributed by atoms with Crippen LogP contribution in [0.1, 0.15) is 16.1 Å². The number of carbonyl (C=O) groups is 3. The number of benzene rings is 1. The Bertz CT molecular complexity index is 1030. The number of furan rings is 1. The third kappa shape index (κ3) is 3.02. The first-order valence-corrected chi connectivity index (χ1v) is 7.98. The minimum atomic E-state index is -1.13. The molecular formula is C17H10N2O7S. The molecule has 1 aromatic carbocycles. The second-order valence-corrected chi connectivity index (χ2v) is 5.97. The van der Waals surface area contributed by atoms with Crippen molar-refractivity contribution in [3.8, 4) is 22.8 Å². The van der Waals surface area contributed by atoms with Gasteiger partial charge in [0.15, 0.2) is 16.6 Å². The highest BCUT2D eigenvalue weighted by Gasteiger charge is 2.27. The van der Waals surface area contributed by atoms with E-state index in [-0.39, 0.29) is 28.8 Å². The summed E-state index contributed by atoms with van der Waals surface area (Å²) in [6, 6.07) is 5.85. The predicted octanol–water partition coefficient (Wildman–Crippen LogP) is 1.29.